The Morgan fingerprint density at radius 1 is 0.487 bits per heavy atom. The standard InChI is InChI=1S/C67H129NO11S/c1-3-5-7-9-11-13-15-17-19-21-23-25-27-28-29-30-31-32-33-35-37-39-41-43-45-47-49-51-53-55-57-63(71)68-60(59-77-67-65(73)66(79-80(74,75)76)64(72)62(58-69)78-67)61(70)56-54-52-50-48-46-44-42-40-38-36-34-26-24-22-20-18-16-14-12-10-8-6-4-2/h28-29,54,56,60-62,64-67,69-70,72-73H,3-27,30-53,55,57-59H2,1-2H3,(H,68,71)(H,74,75,76)/b29-28-,56-54+. The maximum absolute atomic E-state index is 13.2. The van der Waals surface area contributed by atoms with Gasteiger partial charge in [0.25, 0.3) is 0 Å². The van der Waals surface area contributed by atoms with Gasteiger partial charge >= 0.3 is 10.4 Å². The van der Waals surface area contributed by atoms with E-state index in [2.05, 4.69) is 35.5 Å². The van der Waals surface area contributed by atoms with Crippen LogP contribution in [0.2, 0.25) is 0 Å². The third kappa shape index (κ3) is 47.9. The Bertz CT molecular complexity index is 1500. The lowest BCUT2D eigenvalue weighted by molar-refractivity contribution is -0.298. The Hall–Kier alpha value is -1.42. The van der Waals surface area contributed by atoms with Crippen LogP contribution in [0.5, 0.6) is 0 Å². The molecule has 1 rings (SSSR count). The molecular weight excluding hydrogens is 1030 g/mol. The number of allylic oxidation sites excluding steroid dienone is 3. The maximum atomic E-state index is 13.2. The SMILES string of the molecule is CCCCCCCCCCCCCC/C=C\CCCCCCCCCCCCCCCCC(=O)NC(COC1OC(CO)C(O)C(OS(=O)(=O)O)C1O)C(O)/C=C/CCCCCCCCCCCCCCCCCCCCCCC. The predicted octanol–water partition coefficient (Wildman–Crippen LogP) is 17.5. The van der Waals surface area contributed by atoms with Crippen LogP contribution in [0.1, 0.15) is 341 Å². The van der Waals surface area contributed by atoms with Gasteiger partial charge in [-0.25, -0.2) is 4.18 Å². The van der Waals surface area contributed by atoms with Crippen molar-refractivity contribution in [3.8, 4) is 0 Å². The van der Waals surface area contributed by atoms with Crippen molar-refractivity contribution in [1.82, 2.24) is 5.32 Å². The highest BCUT2D eigenvalue weighted by Crippen LogP contribution is 2.26. The van der Waals surface area contributed by atoms with E-state index in [1.165, 1.54) is 276 Å². The van der Waals surface area contributed by atoms with Gasteiger partial charge in [-0.2, -0.15) is 8.42 Å². The Morgan fingerprint density at radius 2 is 0.800 bits per heavy atom. The van der Waals surface area contributed by atoms with Gasteiger partial charge in [0, 0.05) is 6.42 Å². The fraction of sp³-hybridized carbons (Fsp3) is 0.925. The minimum atomic E-state index is -5.09. The summed E-state index contributed by atoms with van der Waals surface area (Å²) in [5.41, 5.74) is 0. The molecule has 1 heterocycles. The minimum Gasteiger partial charge on any atom is -0.394 e. The molecule has 7 unspecified atom stereocenters. The van der Waals surface area contributed by atoms with Crippen LogP contribution in [0, 0.1) is 0 Å². The number of unbranched alkanes of at least 4 members (excludes halogenated alkanes) is 47. The number of carbonyl (C=O) groups excluding carboxylic acids is 1. The minimum absolute atomic E-state index is 0.256. The van der Waals surface area contributed by atoms with E-state index < -0.39 is 59.9 Å². The summed E-state index contributed by atoms with van der Waals surface area (Å²) in [6, 6.07) is -0.944. The van der Waals surface area contributed by atoms with E-state index in [9.17, 15) is 38.2 Å². The number of nitrogens with one attached hydrogen (secondary N) is 1. The molecule has 0 bridgehead atoms. The van der Waals surface area contributed by atoms with Crippen LogP contribution < -0.4 is 5.32 Å². The lowest BCUT2D eigenvalue weighted by Crippen LogP contribution is -2.61. The molecule has 474 valence electrons. The molecule has 0 aromatic heterocycles. The van der Waals surface area contributed by atoms with Crippen LogP contribution >= 0.6 is 0 Å². The van der Waals surface area contributed by atoms with E-state index in [4.69, 9.17) is 9.47 Å². The largest absolute Gasteiger partial charge is 0.397 e. The van der Waals surface area contributed by atoms with Crippen LogP contribution in [0.25, 0.3) is 0 Å². The summed E-state index contributed by atoms with van der Waals surface area (Å²) in [6.07, 6.45) is 63.9. The third-order valence-electron chi connectivity index (χ3n) is 16.5. The maximum Gasteiger partial charge on any atom is 0.397 e. The molecule has 0 radical (unpaired) electrons. The number of aliphatic hydroxyl groups is 4. The van der Waals surface area contributed by atoms with Crippen molar-refractivity contribution in [2.24, 2.45) is 0 Å². The zero-order chi connectivity index (χ0) is 58.3. The average molecular weight is 1160 g/mol. The highest BCUT2D eigenvalue weighted by atomic mass is 32.3. The van der Waals surface area contributed by atoms with Gasteiger partial charge in [0.2, 0.25) is 5.91 Å². The zero-order valence-electron chi connectivity index (χ0n) is 51.9. The first-order valence-corrected chi connectivity index (χ1v) is 35.6. The van der Waals surface area contributed by atoms with Crippen molar-refractivity contribution >= 4 is 16.3 Å². The number of rotatable bonds is 61. The molecule has 1 aliphatic heterocycles. The summed E-state index contributed by atoms with van der Waals surface area (Å²) in [5, 5.41) is 45.1. The van der Waals surface area contributed by atoms with Gasteiger partial charge < -0.3 is 35.2 Å². The number of aliphatic hydroxyl groups excluding tert-OH is 4. The molecule has 0 spiro atoms. The molecule has 13 heteroatoms. The van der Waals surface area contributed by atoms with E-state index in [0.717, 1.165) is 38.5 Å². The molecule has 12 nitrogen and oxygen atoms in total. The van der Waals surface area contributed by atoms with Crippen molar-refractivity contribution < 1.29 is 51.8 Å². The second kappa shape index (κ2) is 56.7. The molecular formula is C67H129NO11S. The van der Waals surface area contributed by atoms with Crippen molar-refractivity contribution in [2.45, 2.75) is 384 Å². The van der Waals surface area contributed by atoms with Gasteiger partial charge in [0.05, 0.1) is 25.4 Å². The summed E-state index contributed by atoms with van der Waals surface area (Å²) < 4.78 is 48.0. The van der Waals surface area contributed by atoms with Crippen molar-refractivity contribution in [1.29, 1.82) is 0 Å². The van der Waals surface area contributed by atoms with E-state index >= 15 is 0 Å². The fourth-order valence-electron chi connectivity index (χ4n) is 11.2. The highest BCUT2D eigenvalue weighted by Gasteiger charge is 2.48. The van der Waals surface area contributed by atoms with Crippen LogP contribution in [0.3, 0.4) is 0 Å². The van der Waals surface area contributed by atoms with Crippen molar-refractivity contribution in [2.75, 3.05) is 13.2 Å². The quantitative estimate of drug-likeness (QED) is 0.0193. The number of hydrogen-bond acceptors (Lipinski definition) is 10. The Balaban J connectivity index is 2.26. The normalized spacial score (nSPS) is 18.7. The van der Waals surface area contributed by atoms with E-state index in [-0.39, 0.29) is 18.9 Å². The van der Waals surface area contributed by atoms with Gasteiger partial charge in [0.15, 0.2) is 6.29 Å². The van der Waals surface area contributed by atoms with Gasteiger partial charge in [0.1, 0.15) is 24.4 Å². The molecule has 0 saturated carbocycles. The fourth-order valence-corrected chi connectivity index (χ4v) is 11.7. The highest BCUT2D eigenvalue weighted by molar-refractivity contribution is 7.80. The lowest BCUT2D eigenvalue weighted by atomic mass is 9.99. The first-order valence-electron chi connectivity index (χ1n) is 34.2. The number of carbonyl (C=O) groups is 1. The van der Waals surface area contributed by atoms with Crippen LogP contribution in [0.15, 0.2) is 24.3 Å². The molecule has 0 aromatic rings. The molecule has 1 aliphatic rings. The topological polar surface area (TPSA) is 192 Å². The van der Waals surface area contributed by atoms with Gasteiger partial charge in [-0.05, 0) is 44.9 Å². The van der Waals surface area contributed by atoms with Crippen LogP contribution in [-0.4, -0.2) is 95.4 Å². The van der Waals surface area contributed by atoms with E-state index in [1.807, 2.05) is 6.08 Å². The number of ether oxygens (including phenoxy) is 2. The molecule has 1 saturated heterocycles. The summed E-state index contributed by atoms with van der Waals surface area (Å²) in [6.45, 7) is 3.46. The molecule has 6 N–H and O–H groups in total. The molecule has 1 fully saturated rings. The van der Waals surface area contributed by atoms with Gasteiger partial charge in [-0.1, -0.05) is 314 Å². The first kappa shape index (κ1) is 76.6. The van der Waals surface area contributed by atoms with Crippen molar-refractivity contribution in [3.05, 3.63) is 24.3 Å². The second-order valence-electron chi connectivity index (χ2n) is 24.1. The van der Waals surface area contributed by atoms with Crippen molar-refractivity contribution in [3.63, 3.8) is 0 Å². The molecule has 80 heavy (non-hydrogen) atoms. The number of amides is 1. The summed E-state index contributed by atoms with van der Waals surface area (Å²) in [4.78, 5) is 13.2. The monoisotopic (exact) mass is 1160 g/mol. The molecule has 0 aliphatic carbocycles. The summed E-state index contributed by atoms with van der Waals surface area (Å²) in [5.74, 6) is -0.256. The third-order valence-corrected chi connectivity index (χ3v) is 16.9. The average Bonchev–Trinajstić information content (AvgIpc) is 3.44. The van der Waals surface area contributed by atoms with E-state index in [1.54, 1.807) is 6.08 Å². The predicted molar refractivity (Wildman–Crippen MR) is 333 cm³/mol. The second-order valence-corrected chi connectivity index (χ2v) is 25.2. The summed E-state index contributed by atoms with van der Waals surface area (Å²) in [7, 11) is -5.09. The van der Waals surface area contributed by atoms with Crippen LogP contribution in [-0.2, 0) is 28.9 Å². The Labute approximate surface area is 493 Å². The zero-order valence-corrected chi connectivity index (χ0v) is 52.7. The van der Waals surface area contributed by atoms with E-state index in [0.29, 0.717) is 6.42 Å². The molecule has 7 atom stereocenters. The van der Waals surface area contributed by atoms with Gasteiger partial charge in [-0.3, -0.25) is 9.35 Å². The first-order chi connectivity index (χ1) is 39.0. The Kier molecular flexibility index (Phi) is 54.3. The van der Waals surface area contributed by atoms with Crippen LogP contribution in [0.4, 0.5) is 0 Å². The Morgan fingerprint density at radius 3 is 1.12 bits per heavy atom. The van der Waals surface area contributed by atoms with Gasteiger partial charge in [-0.15, -0.1) is 0 Å². The smallest absolute Gasteiger partial charge is 0.394 e. The molecule has 1 amide bonds. The number of hydrogen-bond donors (Lipinski definition) is 6. The lowest BCUT2D eigenvalue weighted by Gasteiger charge is -2.41. The summed E-state index contributed by atoms with van der Waals surface area (Å²) >= 11 is 0. The molecule has 0 aromatic carbocycles.